The van der Waals surface area contributed by atoms with Crippen LogP contribution < -0.4 is 28.6 Å². The van der Waals surface area contributed by atoms with Crippen LogP contribution in [0.25, 0.3) is 0 Å². The summed E-state index contributed by atoms with van der Waals surface area (Å²) in [5, 5.41) is 0. The number of nitrogens with one attached hydrogen (secondary N) is 1. The number of halogens is 2. The molecule has 26 heavy (non-hydrogen) atoms. The molecule has 0 aliphatic heterocycles. The van der Waals surface area contributed by atoms with Crippen molar-refractivity contribution in [3.63, 3.8) is 0 Å². The number of carbonyl (C=O) groups excluding carboxylic acids is 1. The Labute approximate surface area is 181 Å². The maximum Gasteiger partial charge on any atom is -1.00 e. The van der Waals surface area contributed by atoms with Gasteiger partial charge in [-0.1, -0.05) is 6.92 Å². The molecule has 1 rings (SSSR count). The smallest absolute Gasteiger partial charge is 1.00 e. The largest absolute Gasteiger partial charge is 1.00 e. The molecule has 1 N–H and O–H groups in total. The van der Waals surface area contributed by atoms with Gasteiger partial charge >= 0.3 is 151 Å². The topological polar surface area (TPSA) is 29.1 Å². The van der Waals surface area contributed by atoms with E-state index in [-0.39, 0.29) is 24.8 Å². The van der Waals surface area contributed by atoms with Crippen LogP contribution >= 0.6 is 0 Å². The van der Waals surface area contributed by atoms with Gasteiger partial charge in [-0.3, -0.25) is 0 Å². The summed E-state index contributed by atoms with van der Waals surface area (Å²) < 4.78 is 5.08. The van der Waals surface area contributed by atoms with Crippen molar-refractivity contribution in [2.45, 2.75) is 97.6 Å². The van der Waals surface area contributed by atoms with Crippen molar-refractivity contribution < 1.29 is 47.0 Å². The fourth-order valence-corrected chi connectivity index (χ4v) is 12.6. The average molecular weight is 455 g/mol. The molecule has 1 aliphatic carbocycles. The second-order valence-electron chi connectivity index (χ2n) is 7.52. The third-order valence-electron chi connectivity index (χ3n) is 4.75. The Bertz CT molecular complexity index is 442. The standard InChI is InChI=1S/C12H25NO.C6H7.C2H7Si.2ClH.Ti/c1-2-3-4-5-6-7-8-9-10-11-12(13)14;1-6-4-2-3-5-6;1-3-2;;;/h2-11H2,1H3,(H2,13,14);4-5H,2H2,1H3;3H,1-2H3;2*1H;/q;;;;;+3/p-3. The molecule has 151 valence electrons. The predicted molar refractivity (Wildman–Crippen MR) is 105 cm³/mol. The Kier molecular flexibility index (Phi) is 19.4. The molecule has 0 aromatic rings. The molecule has 0 atom stereocenters. The molecule has 0 radical (unpaired) electrons. The summed E-state index contributed by atoms with van der Waals surface area (Å²) in [6.45, 7) is 8.50. The molecule has 0 saturated carbocycles. The quantitative estimate of drug-likeness (QED) is 0.302. The summed E-state index contributed by atoms with van der Waals surface area (Å²) in [5.41, 5.74) is 1.39. The first-order valence-corrected chi connectivity index (χ1v) is 17.2. The molecule has 0 heterocycles. The zero-order valence-electron chi connectivity index (χ0n) is 17.2. The van der Waals surface area contributed by atoms with E-state index in [4.69, 9.17) is 0 Å². The molecule has 2 nitrogen and oxygen atoms in total. The molecule has 0 aromatic heterocycles. The normalized spacial score (nSPS) is 12.8. The Balaban J connectivity index is 0. The van der Waals surface area contributed by atoms with Crippen LogP contribution in [0.1, 0.15) is 84.5 Å². The monoisotopic (exact) mass is 454 g/mol. The van der Waals surface area contributed by atoms with Gasteiger partial charge in [0.05, 0.1) is 0 Å². The van der Waals surface area contributed by atoms with Gasteiger partial charge in [-0.25, -0.2) is 0 Å². The summed E-state index contributed by atoms with van der Waals surface area (Å²) >= 11 is -1.49. The molecule has 0 fully saturated rings. The van der Waals surface area contributed by atoms with Crippen molar-refractivity contribution in [1.82, 2.24) is 3.80 Å². The first-order valence-electron chi connectivity index (χ1n) is 10.1. The number of rotatable bonds is 13. The summed E-state index contributed by atoms with van der Waals surface area (Å²) in [6.07, 6.45) is 18.3. The van der Waals surface area contributed by atoms with Gasteiger partial charge in [0, 0.05) is 0 Å². The van der Waals surface area contributed by atoms with Gasteiger partial charge in [-0.2, -0.15) is 0 Å². The summed E-state index contributed by atoms with van der Waals surface area (Å²) in [6, 6.07) is 0. The third kappa shape index (κ3) is 12.8. The number of hydrogen-bond donors (Lipinski definition) is 1. The fourth-order valence-electron chi connectivity index (χ4n) is 3.26. The zero-order valence-corrected chi connectivity index (χ0v) is 21.4. The summed E-state index contributed by atoms with van der Waals surface area (Å²) in [4.78, 5) is 12.3. The molecule has 0 bridgehead atoms. The molecule has 0 saturated heterocycles. The third-order valence-corrected chi connectivity index (χ3v) is 15.9. The van der Waals surface area contributed by atoms with Gasteiger partial charge in [-0.05, 0) is 0 Å². The number of carbonyl (C=O) groups is 1. The van der Waals surface area contributed by atoms with Crippen LogP contribution in [-0.4, -0.2) is 12.6 Å². The molecule has 6 heteroatoms. The van der Waals surface area contributed by atoms with Crippen molar-refractivity contribution in [1.29, 1.82) is 0 Å². The van der Waals surface area contributed by atoms with E-state index in [0.717, 1.165) is 19.3 Å². The first kappa shape index (κ1) is 28.7. The summed E-state index contributed by atoms with van der Waals surface area (Å²) in [5.74, 6) is 0.333. The van der Waals surface area contributed by atoms with E-state index in [1.807, 2.05) is 0 Å². The Morgan fingerprint density at radius 1 is 1.04 bits per heavy atom. The van der Waals surface area contributed by atoms with Crippen LogP contribution in [0.2, 0.25) is 13.1 Å². The first-order chi connectivity index (χ1) is 11.5. The molecule has 0 aromatic carbocycles. The van der Waals surface area contributed by atoms with Gasteiger partial charge in [0.1, 0.15) is 0 Å². The number of amides is 1. The van der Waals surface area contributed by atoms with Crippen molar-refractivity contribution in [3.8, 4) is 0 Å². The van der Waals surface area contributed by atoms with Crippen LogP contribution in [0.5, 0.6) is 0 Å². The van der Waals surface area contributed by atoms with E-state index in [2.05, 4.69) is 42.9 Å². The van der Waals surface area contributed by atoms with Crippen molar-refractivity contribution in [2.75, 3.05) is 0 Å². The molecule has 1 amide bonds. The van der Waals surface area contributed by atoms with Crippen molar-refractivity contribution in [3.05, 3.63) is 21.6 Å². The number of hydrogen-bond acceptors (Lipinski definition) is 1. The minimum atomic E-state index is -1.49. The minimum Gasteiger partial charge on any atom is -1.00 e. The van der Waals surface area contributed by atoms with Gasteiger partial charge in [0.2, 0.25) is 0 Å². The molecule has 1 aliphatic rings. The van der Waals surface area contributed by atoms with E-state index >= 15 is 0 Å². The minimum absolute atomic E-state index is 0. The Hall–Kier alpha value is 0.461. The maximum atomic E-state index is 12.3. The zero-order chi connectivity index (χ0) is 17.8. The number of allylic oxidation sites excluding steroid dienone is 4. The van der Waals surface area contributed by atoms with Crippen LogP contribution in [-0.2, 0) is 22.2 Å². The molecular formula is C20H38Cl2NOSiTi. The van der Waals surface area contributed by atoms with E-state index in [1.54, 1.807) is 3.88 Å². The Morgan fingerprint density at radius 3 is 2.04 bits per heavy atom. The average Bonchev–Trinajstić information content (AvgIpc) is 2.97. The van der Waals surface area contributed by atoms with E-state index in [0.29, 0.717) is 5.91 Å². The van der Waals surface area contributed by atoms with E-state index in [9.17, 15) is 4.79 Å². The van der Waals surface area contributed by atoms with Gasteiger partial charge < -0.3 is 24.8 Å². The van der Waals surface area contributed by atoms with Gasteiger partial charge in [0.25, 0.3) is 0 Å². The van der Waals surface area contributed by atoms with Gasteiger partial charge in [0.15, 0.2) is 0 Å². The van der Waals surface area contributed by atoms with Crippen LogP contribution in [0.3, 0.4) is 0 Å². The Morgan fingerprint density at radius 2 is 1.58 bits per heavy atom. The van der Waals surface area contributed by atoms with E-state index in [1.165, 1.54) is 56.9 Å². The van der Waals surface area contributed by atoms with Crippen LogP contribution in [0, 0.1) is 0 Å². The predicted octanol–water partition coefficient (Wildman–Crippen LogP) is -0.218. The van der Waals surface area contributed by atoms with Gasteiger partial charge in [-0.15, -0.1) is 0 Å². The second kappa shape index (κ2) is 17.6. The van der Waals surface area contributed by atoms with Crippen LogP contribution in [0.15, 0.2) is 21.6 Å². The van der Waals surface area contributed by atoms with Crippen molar-refractivity contribution >= 4 is 12.6 Å². The maximum absolute atomic E-state index is 12.3. The molecular weight excluding hydrogens is 417 g/mol. The fraction of sp³-hybridized carbons (Fsp3) is 0.750. The van der Waals surface area contributed by atoms with Crippen LogP contribution in [0.4, 0.5) is 0 Å². The SMILES string of the molecule is CCCCCCCCCCCC(=O)[NH][Ti+2]([C]1=CC(C)=CC1)[SiH](C)C.[Cl-].[Cl-]. The molecule has 0 unspecified atom stereocenters. The molecule has 0 spiro atoms. The second-order valence-corrected chi connectivity index (χ2v) is 20.3. The van der Waals surface area contributed by atoms with E-state index < -0.39 is 24.0 Å². The summed E-state index contributed by atoms with van der Waals surface area (Å²) in [7, 11) is 0. The van der Waals surface area contributed by atoms with Crippen molar-refractivity contribution in [2.24, 2.45) is 0 Å². The number of unbranched alkanes of at least 4 members (excludes halogenated alkanes) is 8.